The summed E-state index contributed by atoms with van der Waals surface area (Å²) in [5.41, 5.74) is 0.967. The van der Waals surface area contributed by atoms with Crippen molar-refractivity contribution in [2.45, 2.75) is 0 Å². The lowest BCUT2D eigenvalue weighted by Crippen LogP contribution is -2.26. The van der Waals surface area contributed by atoms with Gasteiger partial charge in [0, 0.05) is 26.2 Å². The molecular formula is C12H11N3O3S. The SMILES string of the molecule is CN1C(=O)/C(=C/c2cccc([N+](=O)[O-])c2)N(C)C1=S. The fourth-order valence-electron chi connectivity index (χ4n) is 1.77. The number of rotatable bonds is 2. The van der Waals surface area contributed by atoms with E-state index in [-0.39, 0.29) is 11.6 Å². The molecule has 6 nitrogen and oxygen atoms in total. The third kappa shape index (κ3) is 2.32. The summed E-state index contributed by atoms with van der Waals surface area (Å²) < 4.78 is 0. The molecule has 1 amide bonds. The number of carbonyl (C=O) groups is 1. The number of carbonyl (C=O) groups excluding carboxylic acids is 1. The van der Waals surface area contributed by atoms with E-state index < -0.39 is 4.92 Å². The highest BCUT2D eigenvalue weighted by Gasteiger charge is 2.32. The van der Waals surface area contributed by atoms with Crippen molar-refractivity contribution in [2.75, 3.05) is 14.1 Å². The van der Waals surface area contributed by atoms with E-state index >= 15 is 0 Å². The molecule has 0 spiro atoms. The van der Waals surface area contributed by atoms with Gasteiger partial charge in [0.2, 0.25) is 0 Å². The highest BCUT2D eigenvalue weighted by atomic mass is 32.1. The Kier molecular flexibility index (Phi) is 3.30. The van der Waals surface area contributed by atoms with Crippen molar-refractivity contribution in [3.05, 3.63) is 45.6 Å². The molecular weight excluding hydrogens is 266 g/mol. The largest absolute Gasteiger partial charge is 0.317 e. The summed E-state index contributed by atoms with van der Waals surface area (Å²) in [6, 6.07) is 6.09. The zero-order chi connectivity index (χ0) is 14.2. The molecule has 19 heavy (non-hydrogen) atoms. The first-order valence-electron chi connectivity index (χ1n) is 5.43. The van der Waals surface area contributed by atoms with Gasteiger partial charge >= 0.3 is 0 Å². The minimum atomic E-state index is -0.473. The number of thiocarbonyl (C=S) groups is 1. The molecule has 0 aromatic heterocycles. The first kappa shape index (κ1) is 13.2. The highest BCUT2D eigenvalue weighted by Crippen LogP contribution is 2.22. The normalized spacial score (nSPS) is 17.5. The Morgan fingerprint density at radius 3 is 2.53 bits per heavy atom. The van der Waals surface area contributed by atoms with Gasteiger partial charge in [-0.15, -0.1) is 0 Å². The molecule has 0 aliphatic carbocycles. The van der Waals surface area contributed by atoms with Crippen LogP contribution in [0.15, 0.2) is 30.0 Å². The van der Waals surface area contributed by atoms with Crippen LogP contribution < -0.4 is 0 Å². The van der Waals surface area contributed by atoms with Crippen LogP contribution in [0.2, 0.25) is 0 Å². The minimum absolute atomic E-state index is 0.0154. The number of hydrogen-bond acceptors (Lipinski definition) is 4. The maximum atomic E-state index is 11.9. The number of nitro groups is 1. The second-order valence-corrected chi connectivity index (χ2v) is 4.45. The Morgan fingerprint density at radius 1 is 1.32 bits per heavy atom. The van der Waals surface area contributed by atoms with E-state index in [9.17, 15) is 14.9 Å². The van der Waals surface area contributed by atoms with Gasteiger partial charge < -0.3 is 4.90 Å². The second kappa shape index (κ2) is 4.77. The van der Waals surface area contributed by atoms with E-state index in [1.807, 2.05) is 0 Å². The Morgan fingerprint density at radius 2 is 2.00 bits per heavy atom. The first-order valence-corrected chi connectivity index (χ1v) is 5.84. The van der Waals surface area contributed by atoms with Gasteiger partial charge in [0.15, 0.2) is 5.11 Å². The van der Waals surface area contributed by atoms with Crippen molar-refractivity contribution in [2.24, 2.45) is 0 Å². The van der Waals surface area contributed by atoms with Gasteiger partial charge in [-0.25, -0.2) is 0 Å². The Balaban J connectivity index is 2.41. The van der Waals surface area contributed by atoms with Crippen LogP contribution in [0.4, 0.5) is 5.69 Å². The summed E-state index contributed by atoms with van der Waals surface area (Å²) >= 11 is 5.08. The van der Waals surface area contributed by atoms with Crippen LogP contribution in [0.5, 0.6) is 0 Å². The zero-order valence-corrected chi connectivity index (χ0v) is 11.2. The van der Waals surface area contributed by atoms with Gasteiger partial charge in [0.25, 0.3) is 11.6 Å². The summed E-state index contributed by atoms with van der Waals surface area (Å²) in [7, 11) is 3.28. The van der Waals surface area contributed by atoms with Crippen LogP contribution in [0.3, 0.4) is 0 Å². The van der Waals surface area contributed by atoms with E-state index in [1.54, 1.807) is 37.2 Å². The standard InChI is InChI=1S/C12H11N3O3S/c1-13-10(11(16)14(2)12(13)19)7-8-4-3-5-9(6-8)15(17)18/h3-7H,1-2H3/b10-7-. The number of nitrogens with zero attached hydrogens (tertiary/aromatic N) is 3. The third-order valence-corrected chi connectivity index (χ3v) is 3.39. The Hall–Kier alpha value is -2.28. The Labute approximate surface area is 115 Å². The fourth-order valence-corrected chi connectivity index (χ4v) is 1.96. The zero-order valence-electron chi connectivity index (χ0n) is 10.4. The van der Waals surface area contributed by atoms with Crippen molar-refractivity contribution in [1.82, 2.24) is 9.80 Å². The quantitative estimate of drug-likeness (QED) is 0.356. The lowest BCUT2D eigenvalue weighted by molar-refractivity contribution is -0.384. The number of hydrogen-bond donors (Lipinski definition) is 0. The number of likely N-dealkylation sites (N-methyl/N-ethyl adjacent to an activating group) is 2. The molecule has 1 fully saturated rings. The average Bonchev–Trinajstić information content (AvgIpc) is 2.57. The second-order valence-electron chi connectivity index (χ2n) is 4.09. The van der Waals surface area contributed by atoms with Gasteiger partial charge in [-0.05, 0) is 23.9 Å². The smallest absolute Gasteiger partial charge is 0.276 e. The van der Waals surface area contributed by atoms with Crippen LogP contribution in [0.1, 0.15) is 5.56 Å². The molecule has 0 unspecified atom stereocenters. The summed E-state index contributed by atoms with van der Waals surface area (Å²) in [5, 5.41) is 11.1. The van der Waals surface area contributed by atoms with Crippen molar-refractivity contribution < 1.29 is 9.72 Å². The molecule has 0 N–H and O–H groups in total. The lowest BCUT2D eigenvalue weighted by atomic mass is 10.1. The topological polar surface area (TPSA) is 66.7 Å². The maximum Gasteiger partial charge on any atom is 0.276 e. The van der Waals surface area contributed by atoms with Crippen LogP contribution >= 0.6 is 12.2 Å². The lowest BCUT2D eigenvalue weighted by Gasteiger charge is -2.10. The summed E-state index contributed by atoms with van der Waals surface area (Å²) in [6.45, 7) is 0. The summed E-state index contributed by atoms with van der Waals surface area (Å²) in [6.07, 6.45) is 1.59. The van der Waals surface area contributed by atoms with Gasteiger partial charge in [-0.1, -0.05) is 12.1 Å². The van der Waals surface area contributed by atoms with E-state index in [0.29, 0.717) is 16.4 Å². The molecule has 0 radical (unpaired) electrons. The number of benzene rings is 1. The molecule has 1 aliphatic rings. The van der Waals surface area contributed by atoms with E-state index in [0.717, 1.165) is 0 Å². The molecule has 0 bridgehead atoms. The van der Waals surface area contributed by atoms with Crippen LogP contribution in [0.25, 0.3) is 6.08 Å². The number of non-ortho nitro benzene ring substituents is 1. The third-order valence-electron chi connectivity index (χ3n) is 2.84. The summed E-state index contributed by atoms with van der Waals surface area (Å²) in [5.74, 6) is -0.223. The molecule has 2 rings (SSSR count). The van der Waals surface area contributed by atoms with E-state index in [2.05, 4.69) is 0 Å². The van der Waals surface area contributed by atoms with E-state index in [1.165, 1.54) is 17.0 Å². The predicted molar refractivity (Wildman–Crippen MR) is 74.2 cm³/mol. The number of nitro benzene ring substituents is 1. The Bertz CT molecular complexity index is 612. The van der Waals surface area contributed by atoms with Crippen molar-refractivity contribution in [3.63, 3.8) is 0 Å². The first-order chi connectivity index (χ1) is 8.91. The monoisotopic (exact) mass is 277 g/mol. The molecule has 0 atom stereocenters. The minimum Gasteiger partial charge on any atom is -0.317 e. The molecule has 1 aromatic carbocycles. The van der Waals surface area contributed by atoms with Crippen molar-refractivity contribution in [3.8, 4) is 0 Å². The molecule has 0 saturated carbocycles. The van der Waals surface area contributed by atoms with Gasteiger partial charge in [-0.3, -0.25) is 19.8 Å². The molecule has 1 aromatic rings. The van der Waals surface area contributed by atoms with Crippen molar-refractivity contribution >= 4 is 35.0 Å². The fraction of sp³-hybridized carbons (Fsp3) is 0.167. The van der Waals surface area contributed by atoms with Gasteiger partial charge in [0.1, 0.15) is 5.70 Å². The van der Waals surface area contributed by atoms with Gasteiger partial charge in [-0.2, -0.15) is 0 Å². The van der Waals surface area contributed by atoms with Crippen LogP contribution in [-0.4, -0.2) is 39.8 Å². The van der Waals surface area contributed by atoms with Crippen LogP contribution in [0, 0.1) is 10.1 Å². The van der Waals surface area contributed by atoms with Crippen molar-refractivity contribution in [1.29, 1.82) is 0 Å². The highest BCUT2D eigenvalue weighted by molar-refractivity contribution is 7.80. The molecule has 1 heterocycles. The summed E-state index contributed by atoms with van der Waals surface area (Å²) in [4.78, 5) is 25.1. The molecule has 98 valence electrons. The molecule has 1 aliphatic heterocycles. The predicted octanol–water partition coefficient (Wildman–Crippen LogP) is 1.62. The average molecular weight is 277 g/mol. The van der Waals surface area contributed by atoms with Gasteiger partial charge in [0.05, 0.1) is 4.92 Å². The van der Waals surface area contributed by atoms with Crippen LogP contribution in [-0.2, 0) is 4.79 Å². The maximum absolute atomic E-state index is 11.9. The molecule has 1 saturated heterocycles. The van der Waals surface area contributed by atoms with E-state index in [4.69, 9.17) is 12.2 Å². The molecule has 7 heteroatoms. The number of amides is 1.